The van der Waals surface area contributed by atoms with Crippen LogP contribution in [0.4, 0.5) is 0 Å². The monoisotopic (exact) mass is 216 g/mol. The van der Waals surface area contributed by atoms with Crippen LogP contribution in [-0.4, -0.2) is 16.3 Å². The average molecular weight is 216 g/mol. The zero-order valence-electron chi connectivity index (χ0n) is 9.08. The van der Waals surface area contributed by atoms with E-state index in [9.17, 15) is 10.2 Å². The van der Waals surface area contributed by atoms with Gasteiger partial charge in [-0.3, -0.25) is 0 Å². The van der Waals surface area contributed by atoms with Gasteiger partial charge < -0.3 is 10.2 Å². The first-order chi connectivity index (χ1) is 7.75. The lowest BCUT2D eigenvalue weighted by molar-refractivity contribution is 0.0484. The van der Waals surface area contributed by atoms with Crippen LogP contribution in [-0.2, 0) is 0 Å². The van der Waals surface area contributed by atoms with E-state index >= 15 is 0 Å². The molecule has 0 aliphatic rings. The minimum Gasteiger partial charge on any atom is -0.385 e. The number of hydrogen-bond donors (Lipinski definition) is 2. The molecule has 0 spiro atoms. The lowest BCUT2D eigenvalue weighted by Crippen LogP contribution is -2.14. The fourth-order valence-corrected chi connectivity index (χ4v) is 1.26. The Bertz CT molecular complexity index is 375. The Labute approximate surface area is 95.9 Å². The predicted molar refractivity (Wildman–Crippen MR) is 64.9 cm³/mol. The highest BCUT2D eigenvalue weighted by Gasteiger charge is 2.14. The molecule has 1 rings (SSSR count). The second kappa shape index (κ2) is 6.81. The van der Waals surface area contributed by atoms with Crippen molar-refractivity contribution < 1.29 is 10.2 Å². The van der Waals surface area contributed by atoms with E-state index in [2.05, 4.69) is 12.3 Å². The summed E-state index contributed by atoms with van der Waals surface area (Å²) in [6, 6.07) is 9.05. The van der Waals surface area contributed by atoms with Crippen molar-refractivity contribution in [3.8, 4) is 0 Å². The van der Waals surface area contributed by atoms with E-state index in [1.807, 2.05) is 18.2 Å². The van der Waals surface area contributed by atoms with Gasteiger partial charge in [0.2, 0.25) is 0 Å². The molecule has 84 valence electrons. The normalized spacial score (nSPS) is 13.4. The van der Waals surface area contributed by atoms with Crippen molar-refractivity contribution in [2.45, 2.75) is 18.6 Å². The van der Waals surface area contributed by atoms with Gasteiger partial charge in [-0.25, -0.2) is 0 Å². The summed E-state index contributed by atoms with van der Waals surface area (Å²) in [6.45, 7) is 3.56. The number of benzene rings is 1. The first-order valence-corrected chi connectivity index (χ1v) is 5.18. The number of rotatable bonds is 5. The van der Waals surface area contributed by atoms with Crippen LogP contribution >= 0.6 is 0 Å². The van der Waals surface area contributed by atoms with Gasteiger partial charge in [-0.1, -0.05) is 36.4 Å². The van der Waals surface area contributed by atoms with Gasteiger partial charge in [0.1, 0.15) is 12.2 Å². The standard InChI is InChI=1S/C14H16O2/c1-2-3-4-8-11-13(15)14(16)12-9-6-5-7-10-12/h2,4-7,9-11,13-16H,1,3H2. The van der Waals surface area contributed by atoms with Gasteiger partial charge in [0.25, 0.3) is 0 Å². The van der Waals surface area contributed by atoms with Crippen molar-refractivity contribution in [2.24, 2.45) is 0 Å². The zero-order chi connectivity index (χ0) is 11.8. The maximum Gasteiger partial charge on any atom is 0.109 e. The van der Waals surface area contributed by atoms with E-state index in [0.29, 0.717) is 12.0 Å². The highest BCUT2D eigenvalue weighted by Crippen LogP contribution is 2.16. The van der Waals surface area contributed by atoms with E-state index in [-0.39, 0.29) is 0 Å². The largest absolute Gasteiger partial charge is 0.385 e. The SMILES string of the molecule is C=CCC=C=CC(O)C(O)c1ccccc1. The first kappa shape index (κ1) is 12.5. The van der Waals surface area contributed by atoms with Gasteiger partial charge >= 0.3 is 0 Å². The highest BCUT2D eigenvalue weighted by atomic mass is 16.3. The summed E-state index contributed by atoms with van der Waals surface area (Å²) < 4.78 is 0. The number of aliphatic hydroxyl groups excluding tert-OH is 2. The Balaban J connectivity index is 2.64. The van der Waals surface area contributed by atoms with E-state index in [4.69, 9.17) is 0 Å². The van der Waals surface area contributed by atoms with Crippen molar-refractivity contribution in [3.05, 3.63) is 66.4 Å². The molecule has 1 aromatic carbocycles. The molecule has 0 saturated carbocycles. The first-order valence-electron chi connectivity index (χ1n) is 5.18. The molecule has 2 heteroatoms. The van der Waals surface area contributed by atoms with Crippen LogP contribution in [0.3, 0.4) is 0 Å². The maximum absolute atomic E-state index is 9.79. The molecule has 0 aromatic heterocycles. The Hall–Kier alpha value is -1.60. The molecule has 0 radical (unpaired) electrons. The van der Waals surface area contributed by atoms with Gasteiger partial charge in [0, 0.05) is 0 Å². The van der Waals surface area contributed by atoms with E-state index in [1.165, 1.54) is 6.08 Å². The molecule has 0 bridgehead atoms. The van der Waals surface area contributed by atoms with Gasteiger partial charge in [0.15, 0.2) is 0 Å². The van der Waals surface area contributed by atoms with Crippen molar-refractivity contribution in [2.75, 3.05) is 0 Å². The molecular formula is C14H16O2. The Morgan fingerprint density at radius 3 is 2.56 bits per heavy atom. The van der Waals surface area contributed by atoms with Crippen molar-refractivity contribution in [3.63, 3.8) is 0 Å². The Morgan fingerprint density at radius 1 is 1.25 bits per heavy atom. The van der Waals surface area contributed by atoms with E-state index < -0.39 is 12.2 Å². The van der Waals surface area contributed by atoms with Crippen molar-refractivity contribution >= 4 is 0 Å². The zero-order valence-corrected chi connectivity index (χ0v) is 9.08. The summed E-state index contributed by atoms with van der Waals surface area (Å²) in [4.78, 5) is 0. The van der Waals surface area contributed by atoms with Gasteiger partial charge in [-0.15, -0.1) is 12.3 Å². The minimum absolute atomic E-state index is 0.691. The third-order valence-electron chi connectivity index (χ3n) is 2.13. The molecule has 0 amide bonds. The summed E-state index contributed by atoms with van der Waals surface area (Å²) in [5, 5.41) is 19.4. The fourth-order valence-electron chi connectivity index (χ4n) is 1.26. The highest BCUT2D eigenvalue weighted by molar-refractivity contribution is 5.19. The second-order valence-electron chi connectivity index (χ2n) is 3.41. The molecule has 0 aliphatic carbocycles. The molecule has 0 saturated heterocycles. The molecule has 2 atom stereocenters. The molecule has 1 aromatic rings. The Morgan fingerprint density at radius 2 is 1.94 bits per heavy atom. The summed E-state index contributed by atoms with van der Waals surface area (Å²) in [5.74, 6) is 0. The summed E-state index contributed by atoms with van der Waals surface area (Å²) in [7, 11) is 0. The molecule has 2 nitrogen and oxygen atoms in total. The summed E-state index contributed by atoms with van der Waals surface area (Å²) in [6.07, 6.45) is 3.77. The van der Waals surface area contributed by atoms with Gasteiger partial charge in [0.05, 0.1) is 0 Å². The smallest absolute Gasteiger partial charge is 0.109 e. The molecule has 0 fully saturated rings. The van der Waals surface area contributed by atoms with Crippen molar-refractivity contribution in [1.82, 2.24) is 0 Å². The van der Waals surface area contributed by atoms with Crippen molar-refractivity contribution in [1.29, 1.82) is 0 Å². The van der Waals surface area contributed by atoms with E-state index in [0.717, 1.165) is 0 Å². The van der Waals surface area contributed by atoms with Crippen LogP contribution < -0.4 is 0 Å². The van der Waals surface area contributed by atoms with Crippen LogP contribution in [0, 0.1) is 0 Å². The fraction of sp³-hybridized carbons (Fsp3) is 0.214. The number of aliphatic hydroxyl groups is 2. The second-order valence-corrected chi connectivity index (χ2v) is 3.41. The van der Waals surface area contributed by atoms with Gasteiger partial charge in [-0.2, -0.15) is 0 Å². The summed E-state index contributed by atoms with van der Waals surface area (Å²) in [5.41, 5.74) is 3.50. The molecule has 2 unspecified atom stereocenters. The number of allylic oxidation sites excluding steroid dienone is 1. The minimum atomic E-state index is -0.941. The van der Waals surface area contributed by atoms with Crippen LogP contribution in [0.15, 0.2) is 60.9 Å². The Kier molecular flexibility index (Phi) is 5.30. The summed E-state index contributed by atoms with van der Waals surface area (Å²) >= 11 is 0. The van der Waals surface area contributed by atoms with Crippen LogP contribution in [0.1, 0.15) is 18.1 Å². The molecule has 2 N–H and O–H groups in total. The third kappa shape index (κ3) is 3.87. The number of hydrogen-bond acceptors (Lipinski definition) is 2. The topological polar surface area (TPSA) is 40.5 Å². The average Bonchev–Trinajstić information content (AvgIpc) is 2.34. The predicted octanol–water partition coefficient (Wildman–Crippen LogP) is 2.37. The lowest BCUT2D eigenvalue weighted by atomic mass is 10.0. The van der Waals surface area contributed by atoms with Crippen LogP contribution in [0.5, 0.6) is 0 Å². The van der Waals surface area contributed by atoms with E-state index in [1.54, 1.807) is 24.3 Å². The van der Waals surface area contributed by atoms with Crippen LogP contribution in [0.2, 0.25) is 0 Å². The third-order valence-corrected chi connectivity index (χ3v) is 2.13. The molecular weight excluding hydrogens is 200 g/mol. The molecule has 0 aliphatic heterocycles. The maximum atomic E-state index is 9.79. The molecule has 16 heavy (non-hydrogen) atoms. The van der Waals surface area contributed by atoms with Crippen LogP contribution in [0.25, 0.3) is 0 Å². The quantitative estimate of drug-likeness (QED) is 0.586. The lowest BCUT2D eigenvalue weighted by Gasteiger charge is -2.13. The molecule has 0 heterocycles. The van der Waals surface area contributed by atoms with Gasteiger partial charge in [-0.05, 0) is 24.1 Å².